The van der Waals surface area contributed by atoms with Crippen LogP contribution >= 0.6 is 0 Å². The molecule has 348 valence electrons. The van der Waals surface area contributed by atoms with Crippen molar-refractivity contribution in [2.75, 3.05) is 6.54 Å². The Labute approximate surface area is 368 Å². The van der Waals surface area contributed by atoms with Crippen molar-refractivity contribution in [1.82, 2.24) is 15.5 Å². The number of rotatable bonds is 26. The molecule has 0 bridgehead atoms. The summed E-state index contributed by atoms with van der Waals surface area (Å²) in [6, 6.07) is 0. The number of ketones is 3. The van der Waals surface area contributed by atoms with Crippen molar-refractivity contribution in [3.63, 3.8) is 0 Å². The number of carbonyl (C=O) groups excluding carboxylic acids is 3. The fourth-order valence-electron chi connectivity index (χ4n) is 10.7. The summed E-state index contributed by atoms with van der Waals surface area (Å²) in [5, 5.41) is 7.58. The Kier molecular flexibility index (Phi) is 21.3. The first-order chi connectivity index (χ1) is 26.6. The molecule has 1 saturated heterocycles. The summed E-state index contributed by atoms with van der Waals surface area (Å²) in [7, 11) is 0. The highest BCUT2D eigenvalue weighted by Crippen LogP contribution is 2.44. The van der Waals surface area contributed by atoms with Gasteiger partial charge in [0.15, 0.2) is 17.3 Å². The lowest BCUT2D eigenvalue weighted by molar-refractivity contribution is -0.141. The average molecular weight is 830 g/mol. The first-order valence-electron chi connectivity index (χ1n) is 24.6. The fourth-order valence-corrected chi connectivity index (χ4v) is 10.7. The van der Waals surface area contributed by atoms with Gasteiger partial charge in [-0.25, -0.2) is 0 Å². The summed E-state index contributed by atoms with van der Waals surface area (Å²) in [4.78, 5) is 44.3. The van der Waals surface area contributed by atoms with Crippen LogP contribution in [-0.2, 0) is 14.4 Å². The summed E-state index contributed by atoms with van der Waals surface area (Å²) in [6.07, 6.45) is 23.3. The quantitative estimate of drug-likeness (QED) is 0.0846. The summed E-state index contributed by atoms with van der Waals surface area (Å²) in [6.45, 7) is 41.7. The molecule has 1 heterocycles. The zero-order chi connectivity index (χ0) is 45.8. The lowest BCUT2D eigenvalue weighted by atomic mass is 9.71. The van der Waals surface area contributed by atoms with Crippen molar-refractivity contribution in [2.24, 2.45) is 16.2 Å². The first kappa shape index (κ1) is 55.9. The maximum Gasteiger partial charge on any atom is 0.158 e. The van der Waals surface area contributed by atoms with Crippen LogP contribution < -0.4 is 10.6 Å². The van der Waals surface area contributed by atoms with Crippen LogP contribution in [0.3, 0.4) is 0 Å². The van der Waals surface area contributed by atoms with Gasteiger partial charge in [-0.3, -0.25) is 19.3 Å². The number of unbranched alkanes of at least 4 members (excludes halogenated alkanes) is 13. The molecule has 0 radical (unpaired) electrons. The Morgan fingerprint density at radius 3 is 1.19 bits per heavy atom. The van der Waals surface area contributed by atoms with Crippen LogP contribution in [0, 0.1) is 16.2 Å². The highest BCUT2D eigenvalue weighted by Gasteiger charge is 2.53. The van der Waals surface area contributed by atoms with Gasteiger partial charge < -0.3 is 10.6 Å². The van der Waals surface area contributed by atoms with Gasteiger partial charge in [-0.15, -0.1) is 0 Å². The van der Waals surface area contributed by atoms with Gasteiger partial charge in [0.2, 0.25) is 0 Å². The molecule has 59 heavy (non-hydrogen) atoms. The van der Waals surface area contributed by atoms with Crippen molar-refractivity contribution in [3.05, 3.63) is 0 Å². The van der Waals surface area contributed by atoms with Crippen LogP contribution in [-0.4, -0.2) is 62.0 Å². The molecule has 1 fully saturated rings. The van der Waals surface area contributed by atoms with Crippen LogP contribution in [0.25, 0.3) is 0 Å². The SMILES string of the molecule is CC(C)(C)NC(CCCCCCCCCCCCC[C@](C)(NC(C)(C)C)C(=O)C(C)(C)C)(CCCCCC[C@@]1(C(=O)C(C)(C)C)CCCN1C(C)(C)C)C(=O)C(C)(C)C. The molecule has 0 spiro atoms. The second-order valence-electron chi connectivity index (χ2n) is 25.7. The van der Waals surface area contributed by atoms with E-state index < -0.39 is 16.5 Å². The molecule has 0 saturated carbocycles. The highest BCUT2D eigenvalue weighted by molar-refractivity contribution is 5.94. The number of hydrogen-bond donors (Lipinski definition) is 2. The largest absolute Gasteiger partial charge is 0.300 e. The van der Waals surface area contributed by atoms with Gasteiger partial charge in [-0.2, -0.15) is 0 Å². The van der Waals surface area contributed by atoms with Gasteiger partial charge in [0.25, 0.3) is 0 Å². The molecule has 0 aromatic heterocycles. The van der Waals surface area contributed by atoms with Gasteiger partial charge >= 0.3 is 0 Å². The zero-order valence-electron chi connectivity index (χ0n) is 43.2. The number of likely N-dealkylation sites (tertiary alicyclic amines) is 1. The van der Waals surface area contributed by atoms with Crippen LogP contribution in [0.1, 0.15) is 266 Å². The van der Waals surface area contributed by atoms with Crippen LogP contribution in [0.15, 0.2) is 0 Å². The Bertz CT molecular complexity index is 1280. The minimum absolute atomic E-state index is 0.0343. The molecule has 1 aliphatic heterocycles. The van der Waals surface area contributed by atoms with Crippen molar-refractivity contribution in [1.29, 1.82) is 0 Å². The summed E-state index contributed by atoms with van der Waals surface area (Å²) < 4.78 is 0. The third kappa shape index (κ3) is 19.0. The third-order valence-electron chi connectivity index (χ3n) is 12.7. The van der Waals surface area contributed by atoms with Gasteiger partial charge in [0.1, 0.15) is 0 Å². The van der Waals surface area contributed by atoms with E-state index in [0.717, 1.165) is 83.6 Å². The molecule has 0 aliphatic carbocycles. The number of Topliss-reactive ketones (excluding diaryl/α,β-unsaturated/α-hetero) is 3. The molecule has 0 aromatic rings. The Morgan fingerprint density at radius 1 is 0.458 bits per heavy atom. The van der Waals surface area contributed by atoms with Crippen molar-refractivity contribution >= 4 is 17.3 Å². The minimum atomic E-state index is -0.519. The lowest BCUT2D eigenvalue weighted by Gasteiger charge is -2.48. The Morgan fingerprint density at radius 2 is 0.831 bits per heavy atom. The van der Waals surface area contributed by atoms with Crippen molar-refractivity contribution in [3.8, 4) is 0 Å². The van der Waals surface area contributed by atoms with Crippen molar-refractivity contribution < 1.29 is 14.4 Å². The van der Waals surface area contributed by atoms with Gasteiger partial charge in [-0.1, -0.05) is 159 Å². The molecular weight excluding hydrogens is 727 g/mol. The van der Waals surface area contributed by atoms with Gasteiger partial charge in [-0.05, 0) is 114 Å². The monoisotopic (exact) mass is 830 g/mol. The van der Waals surface area contributed by atoms with Crippen LogP contribution in [0.5, 0.6) is 0 Å². The van der Waals surface area contributed by atoms with E-state index in [4.69, 9.17) is 0 Å². The van der Waals surface area contributed by atoms with Crippen molar-refractivity contribution in [2.45, 2.75) is 300 Å². The minimum Gasteiger partial charge on any atom is -0.300 e. The topological polar surface area (TPSA) is 78.5 Å². The Balaban J connectivity index is 2.69. The van der Waals surface area contributed by atoms with E-state index in [1.165, 1.54) is 57.8 Å². The maximum absolute atomic E-state index is 14.4. The summed E-state index contributed by atoms with van der Waals surface area (Å²) in [5.74, 6) is 1.08. The smallest absolute Gasteiger partial charge is 0.158 e. The number of nitrogens with zero attached hydrogens (tertiary/aromatic N) is 1. The van der Waals surface area contributed by atoms with E-state index in [1.807, 2.05) is 20.8 Å². The average Bonchev–Trinajstić information content (AvgIpc) is 3.50. The molecule has 0 amide bonds. The summed E-state index contributed by atoms with van der Waals surface area (Å²) in [5.41, 5.74) is -2.78. The fraction of sp³-hybridized carbons (Fsp3) is 0.943. The second-order valence-corrected chi connectivity index (χ2v) is 25.7. The predicted octanol–water partition coefficient (Wildman–Crippen LogP) is 14.2. The molecule has 6 heteroatoms. The Hall–Kier alpha value is -1.11. The second kappa shape index (κ2) is 22.5. The van der Waals surface area contributed by atoms with E-state index in [0.29, 0.717) is 17.3 Å². The normalized spacial score (nSPS) is 19.8. The first-order valence-corrected chi connectivity index (χ1v) is 24.6. The van der Waals surface area contributed by atoms with E-state index >= 15 is 0 Å². The standard InChI is InChI=1S/C53H103N3O3/c1-45(2,3)42(57)51(19,54-48(10,11)12)36-31-27-25-23-21-20-22-24-26-28-32-37-52(55-49(13,14)15,43(58)46(4,5)6)38-33-29-30-34-39-53(44(59)47(7,8)9)40-35-41-56(53)50(16,17)18/h54-55H,20-41H2,1-19H3/t51-,52?,53-/m0/s1. The number of nitrogens with one attached hydrogen (secondary N) is 2. The molecule has 1 unspecified atom stereocenters. The van der Waals surface area contributed by atoms with E-state index in [2.05, 4.69) is 126 Å². The lowest BCUT2D eigenvalue weighted by Crippen LogP contribution is -2.61. The van der Waals surface area contributed by atoms with Crippen LogP contribution in [0.4, 0.5) is 0 Å². The van der Waals surface area contributed by atoms with E-state index in [-0.39, 0.29) is 33.0 Å². The molecule has 6 nitrogen and oxygen atoms in total. The zero-order valence-corrected chi connectivity index (χ0v) is 43.2. The number of hydrogen-bond acceptors (Lipinski definition) is 6. The van der Waals surface area contributed by atoms with E-state index in [1.54, 1.807) is 0 Å². The third-order valence-corrected chi connectivity index (χ3v) is 12.7. The molecule has 0 aromatic carbocycles. The number of carbonyl (C=O) groups is 3. The summed E-state index contributed by atoms with van der Waals surface area (Å²) >= 11 is 0. The molecule has 1 rings (SSSR count). The molecule has 1 aliphatic rings. The molecule has 2 N–H and O–H groups in total. The highest BCUT2D eigenvalue weighted by atomic mass is 16.1. The molecular formula is C53H103N3O3. The van der Waals surface area contributed by atoms with Gasteiger partial charge in [0.05, 0.1) is 16.6 Å². The maximum atomic E-state index is 14.4. The van der Waals surface area contributed by atoms with Gasteiger partial charge in [0, 0.05) is 32.9 Å². The van der Waals surface area contributed by atoms with E-state index in [9.17, 15) is 14.4 Å². The molecule has 3 atom stereocenters. The predicted molar refractivity (Wildman–Crippen MR) is 256 cm³/mol. The van der Waals surface area contributed by atoms with Crippen LogP contribution in [0.2, 0.25) is 0 Å².